The minimum Gasteiger partial charge on any atom is -0.349 e. The van der Waals surface area contributed by atoms with E-state index in [1.807, 2.05) is 18.0 Å². The number of benzene rings is 1. The molecular formula is C17H19FN4O2S3. The van der Waals surface area contributed by atoms with Gasteiger partial charge in [0.05, 0.1) is 0 Å². The second kappa shape index (κ2) is 8.42. The number of rotatable bonds is 8. The Bertz CT molecular complexity index is 989. The average Bonchev–Trinajstić information content (AvgIpc) is 3.31. The predicted octanol–water partition coefficient (Wildman–Crippen LogP) is 3.09. The SMILES string of the molecule is CN(CCN(C)S(=O)(=O)c1cccs1)c1nc(Cc2cccc(F)c2)ns1. The second-order valence-corrected chi connectivity index (χ2v) is 9.93. The van der Waals surface area contributed by atoms with Crippen LogP contribution in [0.1, 0.15) is 11.4 Å². The van der Waals surface area contributed by atoms with Crippen LogP contribution in [0.2, 0.25) is 0 Å². The van der Waals surface area contributed by atoms with E-state index in [9.17, 15) is 12.8 Å². The summed E-state index contributed by atoms with van der Waals surface area (Å²) in [5.74, 6) is 0.335. The van der Waals surface area contributed by atoms with Gasteiger partial charge in [-0.05, 0) is 29.1 Å². The van der Waals surface area contributed by atoms with Crippen molar-refractivity contribution in [3.05, 3.63) is 59.0 Å². The van der Waals surface area contributed by atoms with Crippen LogP contribution in [0.4, 0.5) is 9.52 Å². The summed E-state index contributed by atoms with van der Waals surface area (Å²) in [4.78, 5) is 6.34. The second-order valence-electron chi connectivity index (χ2n) is 5.98. The highest BCUT2D eigenvalue weighted by Crippen LogP contribution is 2.21. The highest BCUT2D eigenvalue weighted by Gasteiger charge is 2.22. The van der Waals surface area contributed by atoms with E-state index in [1.54, 1.807) is 30.6 Å². The minimum atomic E-state index is -3.46. The highest BCUT2D eigenvalue weighted by molar-refractivity contribution is 7.91. The van der Waals surface area contributed by atoms with E-state index in [4.69, 9.17) is 0 Å². The van der Waals surface area contributed by atoms with Crippen molar-refractivity contribution in [1.29, 1.82) is 0 Å². The van der Waals surface area contributed by atoms with Crippen molar-refractivity contribution in [1.82, 2.24) is 13.7 Å². The van der Waals surface area contributed by atoms with Gasteiger partial charge in [0.15, 0.2) is 0 Å². The van der Waals surface area contributed by atoms with Crippen LogP contribution < -0.4 is 4.90 Å². The summed E-state index contributed by atoms with van der Waals surface area (Å²) in [6, 6.07) is 9.68. The molecule has 144 valence electrons. The van der Waals surface area contributed by atoms with E-state index in [0.717, 1.165) is 5.56 Å². The number of thiophene rings is 1. The number of nitrogens with zero attached hydrogens (tertiary/aromatic N) is 4. The largest absolute Gasteiger partial charge is 0.349 e. The van der Waals surface area contributed by atoms with Crippen molar-refractivity contribution >= 4 is 38.0 Å². The lowest BCUT2D eigenvalue weighted by molar-refractivity contribution is 0.475. The van der Waals surface area contributed by atoms with Crippen molar-refractivity contribution in [2.24, 2.45) is 0 Å². The normalized spacial score (nSPS) is 11.9. The van der Waals surface area contributed by atoms with Crippen LogP contribution in [0, 0.1) is 5.82 Å². The molecule has 0 unspecified atom stereocenters. The van der Waals surface area contributed by atoms with Gasteiger partial charge in [-0.3, -0.25) is 0 Å². The minimum absolute atomic E-state index is 0.282. The van der Waals surface area contributed by atoms with E-state index < -0.39 is 10.0 Å². The Morgan fingerprint density at radius 1 is 1.15 bits per heavy atom. The van der Waals surface area contributed by atoms with Gasteiger partial charge in [-0.25, -0.2) is 17.8 Å². The molecular weight excluding hydrogens is 407 g/mol. The van der Waals surface area contributed by atoms with Crippen molar-refractivity contribution in [3.63, 3.8) is 0 Å². The van der Waals surface area contributed by atoms with E-state index in [-0.39, 0.29) is 5.82 Å². The topological polar surface area (TPSA) is 66.4 Å². The molecule has 0 bridgehead atoms. The Hall–Kier alpha value is -1.88. The maximum Gasteiger partial charge on any atom is 0.252 e. The summed E-state index contributed by atoms with van der Waals surface area (Å²) in [7, 11) is -0.0429. The van der Waals surface area contributed by atoms with Gasteiger partial charge in [-0.15, -0.1) is 11.3 Å². The van der Waals surface area contributed by atoms with Gasteiger partial charge in [0.2, 0.25) is 5.13 Å². The zero-order valence-corrected chi connectivity index (χ0v) is 17.3. The smallest absolute Gasteiger partial charge is 0.252 e. The first kappa shape index (κ1) is 19.9. The van der Waals surface area contributed by atoms with Crippen molar-refractivity contribution in [3.8, 4) is 0 Å². The van der Waals surface area contributed by atoms with Gasteiger partial charge in [0, 0.05) is 45.1 Å². The monoisotopic (exact) mass is 426 g/mol. The van der Waals surface area contributed by atoms with Crippen molar-refractivity contribution in [2.75, 3.05) is 32.1 Å². The van der Waals surface area contributed by atoms with Gasteiger partial charge in [0.1, 0.15) is 15.9 Å². The van der Waals surface area contributed by atoms with Crippen LogP contribution in [-0.4, -0.2) is 49.3 Å². The summed E-state index contributed by atoms with van der Waals surface area (Å²) < 4.78 is 44.1. The molecule has 3 aromatic rings. The van der Waals surface area contributed by atoms with Crippen LogP contribution in [0.3, 0.4) is 0 Å². The van der Waals surface area contributed by atoms with E-state index in [2.05, 4.69) is 9.36 Å². The van der Waals surface area contributed by atoms with Gasteiger partial charge < -0.3 is 4.90 Å². The lowest BCUT2D eigenvalue weighted by Gasteiger charge is -2.20. The Balaban J connectivity index is 1.59. The molecule has 0 aliphatic rings. The summed E-state index contributed by atoms with van der Waals surface area (Å²) in [5.41, 5.74) is 0.809. The van der Waals surface area contributed by atoms with Crippen molar-refractivity contribution < 1.29 is 12.8 Å². The van der Waals surface area contributed by atoms with Gasteiger partial charge in [-0.2, -0.15) is 8.68 Å². The Morgan fingerprint density at radius 3 is 2.67 bits per heavy atom. The quantitative estimate of drug-likeness (QED) is 0.554. The molecule has 10 heteroatoms. The molecule has 0 spiro atoms. The molecule has 2 aromatic heterocycles. The number of likely N-dealkylation sites (N-methyl/N-ethyl adjacent to an activating group) is 2. The molecule has 0 amide bonds. The number of halogens is 1. The maximum absolute atomic E-state index is 13.3. The predicted molar refractivity (Wildman–Crippen MR) is 107 cm³/mol. The molecule has 1 aromatic carbocycles. The number of sulfonamides is 1. The molecule has 0 saturated carbocycles. The van der Waals surface area contributed by atoms with Crippen LogP contribution in [-0.2, 0) is 16.4 Å². The van der Waals surface area contributed by atoms with Crippen LogP contribution in [0.15, 0.2) is 46.0 Å². The molecule has 3 rings (SSSR count). The molecule has 0 atom stereocenters. The maximum atomic E-state index is 13.3. The van der Waals surface area contributed by atoms with Gasteiger partial charge >= 0.3 is 0 Å². The van der Waals surface area contributed by atoms with Crippen LogP contribution in [0.5, 0.6) is 0 Å². The number of anilines is 1. The first-order valence-corrected chi connectivity index (χ1v) is 11.2. The summed E-state index contributed by atoms with van der Waals surface area (Å²) in [6.07, 6.45) is 0.453. The molecule has 0 saturated heterocycles. The van der Waals surface area contributed by atoms with Gasteiger partial charge in [-0.1, -0.05) is 18.2 Å². The molecule has 0 aliphatic carbocycles. The summed E-state index contributed by atoms with van der Waals surface area (Å²) >= 11 is 2.45. The van der Waals surface area contributed by atoms with Crippen LogP contribution in [0.25, 0.3) is 0 Å². The fourth-order valence-corrected chi connectivity index (χ4v) is 5.40. The molecule has 27 heavy (non-hydrogen) atoms. The molecule has 0 radical (unpaired) electrons. The van der Waals surface area contributed by atoms with E-state index in [1.165, 1.54) is 39.3 Å². The fraction of sp³-hybridized carbons (Fsp3) is 0.294. The van der Waals surface area contributed by atoms with E-state index >= 15 is 0 Å². The molecule has 0 aliphatic heterocycles. The zero-order valence-electron chi connectivity index (χ0n) is 14.9. The fourth-order valence-electron chi connectivity index (χ4n) is 2.37. The molecule has 0 fully saturated rings. The summed E-state index contributed by atoms with van der Waals surface area (Å²) in [5, 5.41) is 2.44. The third-order valence-corrected chi connectivity index (χ3v) is 8.04. The third-order valence-electron chi connectivity index (χ3n) is 3.95. The van der Waals surface area contributed by atoms with Gasteiger partial charge in [0.25, 0.3) is 10.0 Å². The number of hydrogen-bond acceptors (Lipinski definition) is 7. The average molecular weight is 427 g/mol. The molecule has 0 N–H and O–H groups in total. The third kappa shape index (κ3) is 4.89. The Morgan fingerprint density at radius 2 is 1.96 bits per heavy atom. The van der Waals surface area contributed by atoms with Crippen molar-refractivity contribution in [2.45, 2.75) is 10.6 Å². The molecule has 6 nitrogen and oxygen atoms in total. The first-order chi connectivity index (χ1) is 12.9. The van der Waals surface area contributed by atoms with Crippen LogP contribution >= 0.6 is 22.9 Å². The lowest BCUT2D eigenvalue weighted by atomic mass is 10.1. The van der Waals surface area contributed by atoms with E-state index in [0.29, 0.717) is 34.7 Å². The Kier molecular flexibility index (Phi) is 6.20. The molecule has 2 heterocycles. The Labute approximate surface area is 166 Å². The highest BCUT2D eigenvalue weighted by atomic mass is 32.2. The zero-order chi connectivity index (χ0) is 19.4. The standard InChI is InChI=1S/C17H19FN4O2S3/c1-21(8-9-22(2)27(23,24)16-7-4-10-25-16)17-19-15(20-26-17)12-13-5-3-6-14(18)11-13/h3-7,10-11H,8-9,12H2,1-2H3. The first-order valence-electron chi connectivity index (χ1n) is 8.14. The number of hydrogen-bond donors (Lipinski definition) is 0. The summed E-state index contributed by atoms with van der Waals surface area (Å²) in [6.45, 7) is 0.811. The lowest BCUT2D eigenvalue weighted by Crippen LogP contribution is -2.34. The number of aromatic nitrogens is 2.